The van der Waals surface area contributed by atoms with Crippen LogP contribution in [0.3, 0.4) is 0 Å². The SMILES string of the molecule is CCOC(=O)C1=NN(c2ccccc2)C2(C(=O)Nc3cc(Cl)ccc32)C1c1cccc(F)c1. The third-order valence-electron chi connectivity index (χ3n) is 5.89. The first kappa shape index (κ1) is 21.2. The van der Waals surface area contributed by atoms with Gasteiger partial charge in [0.2, 0.25) is 0 Å². The van der Waals surface area contributed by atoms with Crippen LogP contribution in [0.4, 0.5) is 15.8 Å². The van der Waals surface area contributed by atoms with Crippen molar-refractivity contribution >= 4 is 40.6 Å². The molecule has 2 atom stereocenters. The van der Waals surface area contributed by atoms with E-state index in [1.165, 1.54) is 17.1 Å². The molecule has 1 amide bonds. The van der Waals surface area contributed by atoms with Crippen LogP contribution in [0.15, 0.2) is 77.9 Å². The van der Waals surface area contributed by atoms with E-state index in [1.54, 1.807) is 49.4 Å². The Hall–Kier alpha value is -3.71. The molecular formula is C25H19ClFN3O3. The van der Waals surface area contributed by atoms with Gasteiger partial charge in [-0.2, -0.15) is 5.10 Å². The Balaban J connectivity index is 1.83. The molecule has 1 spiro atoms. The van der Waals surface area contributed by atoms with E-state index in [1.807, 2.05) is 18.2 Å². The van der Waals surface area contributed by atoms with Crippen LogP contribution >= 0.6 is 11.6 Å². The zero-order valence-electron chi connectivity index (χ0n) is 17.6. The number of carbonyl (C=O) groups is 2. The van der Waals surface area contributed by atoms with Crippen molar-refractivity contribution in [2.45, 2.75) is 18.4 Å². The second kappa shape index (κ2) is 8.01. The Morgan fingerprint density at radius 3 is 2.67 bits per heavy atom. The fourth-order valence-corrected chi connectivity index (χ4v) is 4.81. The fraction of sp³-hybridized carbons (Fsp3) is 0.160. The molecule has 2 aliphatic heterocycles. The van der Waals surface area contributed by atoms with E-state index >= 15 is 0 Å². The zero-order valence-corrected chi connectivity index (χ0v) is 18.3. The molecule has 0 fully saturated rings. The molecule has 0 bridgehead atoms. The number of carbonyl (C=O) groups excluding carboxylic acids is 2. The molecule has 0 radical (unpaired) electrons. The highest BCUT2D eigenvalue weighted by Crippen LogP contribution is 2.55. The van der Waals surface area contributed by atoms with Crippen LogP contribution in [0.1, 0.15) is 24.0 Å². The average molecular weight is 464 g/mol. The Morgan fingerprint density at radius 2 is 1.94 bits per heavy atom. The number of hydrogen-bond donors (Lipinski definition) is 1. The molecule has 3 aromatic rings. The Labute approximate surface area is 194 Å². The molecule has 2 unspecified atom stereocenters. The minimum atomic E-state index is -1.49. The van der Waals surface area contributed by atoms with Crippen LogP contribution in [-0.2, 0) is 19.9 Å². The van der Waals surface area contributed by atoms with Gasteiger partial charge in [-0.25, -0.2) is 14.2 Å². The predicted octanol–water partition coefficient (Wildman–Crippen LogP) is 4.85. The van der Waals surface area contributed by atoms with Gasteiger partial charge >= 0.3 is 5.97 Å². The minimum absolute atomic E-state index is 0.0178. The summed E-state index contributed by atoms with van der Waals surface area (Å²) in [5.74, 6) is -2.49. The van der Waals surface area contributed by atoms with Gasteiger partial charge in [0.15, 0.2) is 11.3 Å². The number of hydrazone groups is 1. The molecule has 2 heterocycles. The summed E-state index contributed by atoms with van der Waals surface area (Å²) in [4.78, 5) is 26.9. The number of ether oxygens (including phenoxy) is 1. The molecular weight excluding hydrogens is 445 g/mol. The number of nitrogens with one attached hydrogen (secondary N) is 1. The van der Waals surface area contributed by atoms with E-state index in [0.29, 0.717) is 27.5 Å². The summed E-state index contributed by atoms with van der Waals surface area (Å²) in [7, 11) is 0. The van der Waals surface area contributed by atoms with Crippen molar-refractivity contribution in [3.05, 3.63) is 94.8 Å². The molecule has 2 aliphatic rings. The number of anilines is 2. The first-order valence-electron chi connectivity index (χ1n) is 10.4. The van der Waals surface area contributed by atoms with E-state index in [-0.39, 0.29) is 12.3 Å². The van der Waals surface area contributed by atoms with E-state index < -0.39 is 29.2 Å². The number of benzene rings is 3. The normalized spacial score (nSPS) is 21.1. The standard InChI is InChI=1S/C25H19ClFN3O3/c1-2-33-23(31)22-21(15-7-6-8-17(27)13-15)25(30(29-22)18-9-4-3-5-10-18)19-12-11-16(26)14-20(19)28-24(25)32/h3-14,21H,2H2,1H3,(H,28,32). The van der Waals surface area contributed by atoms with Crippen LogP contribution in [0.5, 0.6) is 0 Å². The monoisotopic (exact) mass is 463 g/mol. The summed E-state index contributed by atoms with van der Waals surface area (Å²) in [6, 6.07) is 20.0. The first-order valence-corrected chi connectivity index (χ1v) is 10.8. The molecule has 0 saturated carbocycles. The summed E-state index contributed by atoms with van der Waals surface area (Å²) < 4.78 is 19.6. The number of esters is 1. The maximum Gasteiger partial charge on any atom is 0.355 e. The molecule has 0 aliphatic carbocycles. The van der Waals surface area contributed by atoms with Gasteiger partial charge in [0.05, 0.1) is 18.2 Å². The summed E-state index contributed by atoms with van der Waals surface area (Å²) in [6.45, 7) is 1.82. The number of fused-ring (bicyclic) bond motifs is 2. The summed E-state index contributed by atoms with van der Waals surface area (Å²) >= 11 is 6.20. The smallest absolute Gasteiger partial charge is 0.355 e. The molecule has 1 N–H and O–H groups in total. The van der Waals surface area contributed by atoms with Gasteiger partial charge < -0.3 is 10.1 Å². The van der Waals surface area contributed by atoms with Crippen molar-refractivity contribution < 1.29 is 18.7 Å². The van der Waals surface area contributed by atoms with E-state index in [9.17, 15) is 14.0 Å². The van der Waals surface area contributed by atoms with Crippen LogP contribution in [0.2, 0.25) is 5.02 Å². The lowest BCUT2D eigenvalue weighted by molar-refractivity contribution is -0.135. The lowest BCUT2D eigenvalue weighted by atomic mass is 9.73. The van der Waals surface area contributed by atoms with Gasteiger partial charge in [-0.1, -0.05) is 48.0 Å². The predicted molar refractivity (Wildman–Crippen MR) is 124 cm³/mol. The third kappa shape index (κ3) is 3.19. The number of nitrogens with zero attached hydrogens (tertiary/aromatic N) is 2. The van der Waals surface area contributed by atoms with Gasteiger partial charge in [-0.15, -0.1) is 0 Å². The van der Waals surface area contributed by atoms with Crippen molar-refractivity contribution in [1.29, 1.82) is 0 Å². The highest BCUT2D eigenvalue weighted by Gasteiger charge is 2.64. The Morgan fingerprint density at radius 1 is 1.15 bits per heavy atom. The molecule has 33 heavy (non-hydrogen) atoms. The Kier molecular flexibility index (Phi) is 5.13. The zero-order chi connectivity index (χ0) is 23.2. The molecule has 8 heteroatoms. The maximum atomic E-state index is 14.4. The van der Waals surface area contributed by atoms with Gasteiger partial charge in [-0.3, -0.25) is 4.79 Å². The van der Waals surface area contributed by atoms with Crippen LogP contribution < -0.4 is 10.3 Å². The summed E-state index contributed by atoms with van der Waals surface area (Å²) in [5, 5.41) is 9.50. The topological polar surface area (TPSA) is 71.0 Å². The summed E-state index contributed by atoms with van der Waals surface area (Å²) in [5.41, 5.74) is 0.642. The highest BCUT2D eigenvalue weighted by atomic mass is 35.5. The molecule has 6 nitrogen and oxygen atoms in total. The second-order valence-corrected chi connectivity index (χ2v) is 8.19. The Bertz CT molecular complexity index is 1300. The van der Waals surface area contributed by atoms with Gasteiger partial charge in [0.25, 0.3) is 5.91 Å². The highest BCUT2D eigenvalue weighted by molar-refractivity contribution is 6.41. The van der Waals surface area contributed by atoms with Gasteiger partial charge in [0.1, 0.15) is 5.82 Å². The van der Waals surface area contributed by atoms with Crippen molar-refractivity contribution in [3.63, 3.8) is 0 Å². The lowest BCUT2D eigenvalue weighted by Crippen LogP contribution is -2.51. The summed E-state index contributed by atoms with van der Waals surface area (Å²) in [6.07, 6.45) is 0. The van der Waals surface area contributed by atoms with Crippen molar-refractivity contribution in [1.82, 2.24) is 0 Å². The van der Waals surface area contributed by atoms with Crippen molar-refractivity contribution in [3.8, 4) is 0 Å². The van der Waals surface area contributed by atoms with Crippen molar-refractivity contribution in [2.75, 3.05) is 16.9 Å². The molecule has 5 rings (SSSR count). The number of amides is 1. The molecule has 166 valence electrons. The van der Waals surface area contributed by atoms with Crippen LogP contribution in [-0.4, -0.2) is 24.2 Å². The number of hydrogen-bond acceptors (Lipinski definition) is 5. The van der Waals surface area contributed by atoms with Crippen LogP contribution in [0.25, 0.3) is 0 Å². The third-order valence-corrected chi connectivity index (χ3v) is 6.12. The van der Waals surface area contributed by atoms with Gasteiger partial charge in [0, 0.05) is 16.3 Å². The van der Waals surface area contributed by atoms with Gasteiger partial charge in [-0.05, 0) is 48.9 Å². The lowest BCUT2D eigenvalue weighted by Gasteiger charge is -2.37. The van der Waals surface area contributed by atoms with Crippen molar-refractivity contribution in [2.24, 2.45) is 5.10 Å². The van der Waals surface area contributed by atoms with Crippen LogP contribution in [0, 0.1) is 5.82 Å². The second-order valence-electron chi connectivity index (χ2n) is 7.75. The van der Waals surface area contributed by atoms with E-state index in [2.05, 4.69) is 10.4 Å². The van der Waals surface area contributed by atoms with E-state index in [0.717, 1.165) is 0 Å². The number of para-hydroxylation sites is 1. The number of rotatable bonds is 4. The van der Waals surface area contributed by atoms with E-state index in [4.69, 9.17) is 16.3 Å². The average Bonchev–Trinajstić information content (AvgIpc) is 3.30. The molecule has 3 aromatic carbocycles. The number of halogens is 2. The maximum absolute atomic E-state index is 14.4. The fourth-order valence-electron chi connectivity index (χ4n) is 4.63. The molecule has 0 saturated heterocycles. The quantitative estimate of drug-likeness (QED) is 0.561. The largest absolute Gasteiger partial charge is 0.461 e. The minimum Gasteiger partial charge on any atom is -0.461 e. The molecule has 0 aromatic heterocycles. The first-order chi connectivity index (χ1) is 16.0.